The van der Waals surface area contributed by atoms with Crippen LogP contribution in [0.5, 0.6) is 23.0 Å². The highest BCUT2D eigenvalue weighted by Gasteiger charge is 2.19. The number of nitrogens with zero attached hydrogens (tertiary/aromatic N) is 2. The molecule has 328 valence electrons. The molecule has 0 atom stereocenters. The van der Waals surface area contributed by atoms with Crippen molar-refractivity contribution in [3.8, 4) is 67.5 Å². The number of benzene rings is 4. The van der Waals surface area contributed by atoms with Crippen LogP contribution in [0.2, 0.25) is 0 Å². The summed E-state index contributed by atoms with van der Waals surface area (Å²) in [5.74, 6) is 3.25. The topological polar surface area (TPSA) is 94.3 Å². The fourth-order valence-corrected chi connectivity index (χ4v) is 8.75. The number of fused-ring (bicyclic) bond motifs is 8. The molecule has 0 amide bonds. The van der Waals surface area contributed by atoms with Crippen LogP contribution < -0.4 is 18.9 Å². The third-order valence-electron chi connectivity index (χ3n) is 11.2. The van der Waals surface area contributed by atoms with Crippen LogP contribution in [-0.2, 0) is 0 Å². The summed E-state index contributed by atoms with van der Waals surface area (Å²) in [5.41, 5.74) is 14.9. The van der Waals surface area contributed by atoms with E-state index in [9.17, 15) is 0 Å². The SMILES string of the molecule is COc1ccc(-c2c3nc(c(-c4ccc(OCCCBr)cc4)c4ccc([nH]4)c(-c4ccc(OCCCBr)cc4)c4nc(c(-c5ccc(OCCCBr)cc5)c5ccc2[nH]5)C=C4)C=C3)cc1. The standard InChI is InChI=1S/C54H47Br3N4O4/c1-62-39-13-5-35(6-14-39)51-43-21-23-45(58-43)52(36-7-15-40(16-8-36)63-32-2-29-55)47-25-27-49(60-47)54(38-11-19-42(20-12-38)65-34-4-31-57)50-28-26-48(61-50)53(46-24-22-44(51)59-46)37-9-17-41(18-10-37)64-33-3-30-56/h5-28,58,61H,2-4,29-34H2,1H3. The molecule has 65 heavy (non-hydrogen) atoms. The van der Waals surface area contributed by atoms with Gasteiger partial charge in [-0.2, -0.15) is 0 Å². The molecule has 0 saturated heterocycles. The lowest BCUT2D eigenvalue weighted by Crippen LogP contribution is -1.97. The Labute approximate surface area is 404 Å². The van der Waals surface area contributed by atoms with Crippen LogP contribution in [0.15, 0.2) is 121 Å². The summed E-state index contributed by atoms with van der Waals surface area (Å²) < 4.78 is 23.8. The van der Waals surface area contributed by atoms with Crippen molar-refractivity contribution in [1.82, 2.24) is 19.9 Å². The van der Waals surface area contributed by atoms with E-state index in [2.05, 4.69) is 155 Å². The van der Waals surface area contributed by atoms with Gasteiger partial charge in [0.25, 0.3) is 0 Å². The number of aromatic nitrogens is 4. The van der Waals surface area contributed by atoms with Crippen LogP contribution in [0.25, 0.3) is 90.9 Å². The molecule has 7 aromatic rings. The molecule has 0 aliphatic carbocycles. The number of hydrogen-bond acceptors (Lipinski definition) is 6. The summed E-state index contributed by atoms with van der Waals surface area (Å²) in [6.07, 6.45) is 11.2. The molecule has 9 rings (SSSR count). The molecule has 0 fully saturated rings. The third-order valence-corrected chi connectivity index (χ3v) is 12.9. The van der Waals surface area contributed by atoms with Crippen LogP contribution >= 0.6 is 47.8 Å². The van der Waals surface area contributed by atoms with E-state index in [0.29, 0.717) is 19.8 Å². The number of hydrogen-bond donors (Lipinski definition) is 2. The first-order chi connectivity index (χ1) is 32.0. The quantitative estimate of drug-likeness (QED) is 0.0697. The smallest absolute Gasteiger partial charge is 0.119 e. The van der Waals surface area contributed by atoms with Crippen molar-refractivity contribution in [1.29, 1.82) is 0 Å². The first-order valence-corrected chi connectivity index (χ1v) is 25.1. The zero-order valence-corrected chi connectivity index (χ0v) is 40.6. The molecular formula is C54H47Br3N4O4. The summed E-state index contributed by atoms with van der Waals surface area (Å²) >= 11 is 10.5. The van der Waals surface area contributed by atoms with Crippen LogP contribution in [-0.4, -0.2) is 62.9 Å². The Balaban J connectivity index is 1.33. The highest BCUT2D eigenvalue weighted by Crippen LogP contribution is 2.39. The lowest BCUT2D eigenvalue weighted by atomic mass is 10.0. The molecule has 2 N–H and O–H groups in total. The van der Waals surface area contributed by atoms with E-state index >= 15 is 0 Å². The normalized spacial score (nSPS) is 11.8. The zero-order chi connectivity index (χ0) is 44.5. The number of aromatic amines is 2. The Morgan fingerprint density at radius 1 is 0.369 bits per heavy atom. The number of ether oxygens (including phenoxy) is 4. The van der Waals surface area contributed by atoms with Gasteiger partial charge in [-0.15, -0.1) is 0 Å². The monoisotopic (exact) mass is 1050 g/mol. The van der Waals surface area contributed by atoms with Gasteiger partial charge in [0, 0.05) is 60.3 Å². The van der Waals surface area contributed by atoms with Gasteiger partial charge < -0.3 is 28.9 Å². The number of rotatable bonds is 17. The molecule has 8 bridgehead atoms. The molecule has 0 saturated carbocycles. The second kappa shape index (κ2) is 21.0. The van der Waals surface area contributed by atoms with Crippen LogP contribution in [0.1, 0.15) is 42.0 Å². The summed E-state index contributed by atoms with van der Waals surface area (Å²) in [6, 6.07) is 41.6. The van der Waals surface area contributed by atoms with Gasteiger partial charge >= 0.3 is 0 Å². The second-order valence-electron chi connectivity index (χ2n) is 15.5. The molecule has 2 aliphatic heterocycles. The van der Waals surface area contributed by atoms with Crippen molar-refractivity contribution >= 4 is 94.2 Å². The van der Waals surface area contributed by atoms with Crippen molar-refractivity contribution in [2.75, 3.05) is 42.9 Å². The van der Waals surface area contributed by atoms with Crippen molar-refractivity contribution in [3.63, 3.8) is 0 Å². The molecule has 3 aromatic heterocycles. The van der Waals surface area contributed by atoms with Crippen LogP contribution in [0, 0.1) is 0 Å². The fourth-order valence-electron chi connectivity index (χ4n) is 8.07. The first-order valence-electron chi connectivity index (χ1n) is 21.7. The van der Waals surface area contributed by atoms with Gasteiger partial charge in [-0.25, -0.2) is 9.97 Å². The van der Waals surface area contributed by atoms with Crippen molar-refractivity contribution < 1.29 is 18.9 Å². The summed E-state index contributed by atoms with van der Waals surface area (Å²) in [7, 11) is 1.68. The van der Waals surface area contributed by atoms with Gasteiger partial charge in [0.1, 0.15) is 23.0 Å². The van der Waals surface area contributed by atoms with Gasteiger partial charge in [-0.05, 0) is 139 Å². The Morgan fingerprint density at radius 2 is 0.631 bits per heavy atom. The van der Waals surface area contributed by atoms with Gasteiger partial charge in [0.05, 0.1) is 49.7 Å². The third kappa shape index (κ3) is 10.0. The number of H-pyrrole nitrogens is 2. The number of nitrogens with one attached hydrogen (secondary N) is 2. The molecule has 8 nitrogen and oxygen atoms in total. The van der Waals surface area contributed by atoms with Gasteiger partial charge in [-0.1, -0.05) is 96.3 Å². The number of alkyl halides is 3. The first kappa shape index (κ1) is 44.3. The van der Waals surface area contributed by atoms with Gasteiger partial charge in [-0.3, -0.25) is 0 Å². The summed E-state index contributed by atoms with van der Waals surface area (Å²) in [6.45, 7) is 1.91. The van der Waals surface area contributed by atoms with E-state index in [1.807, 2.05) is 48.5 Å². The molecule has 0 unspecified atom stereocenters. The van der Waals surface area contributed by atoms with E-state index in [-0.39, 0.29) is 0 Å². The second-order valence-corrected chi connectivity index (χ2v) is 17.9. The Bertz CT molecular complexity index is 2940. The van der Waals surface area contributed by atoms with Crippen molar-refractivity contribution in [2.24, 2.45) is 0 Å². The maximum atomic E-state index is 6.07. The van der Waals surface area contributed by atoms with E-state index in [4.69, 9.17) is 28.9 Å². The van der Waals surface area contributed by atoms with Gasteiger partial charge in [0.2, 0.25) is 0 Å². The molecular weight excluding hydrogens is 1010 g/mol. The average molecular weight is 1060 g/mol. The molecule has 5 heterocycles. The van der Waals surface area contributed by atoms with Crippen LogP contribution in [0.4, 0.5) is 0 Å². The minimum Gasteiger partial charge on any atom is -0.497 e. The predicted molar refractivity (Wildman–Crippen MR) is 279 cm³/mol. The Kier molecular flexibility index (Phi) is 14.3. The summed E-state index contributed by atoms with van der Waals surface area (Å²) in [5, 5.41) is 2.67. The Morgan fingerprint density at radius 3 is 0.877 bits per heavy atom. The molecule has 2 aliphatic rings. The fraction of sp³-hybridized carbons (Fsp3) is 0.185. The number of halogens is 3. The minimum absolute atomic E-state index is 0.636. The Hall–Kier alpha value is -5.88. The molecule has 11 heteroatoms. The molecule has 0 spiro atoms. The maximum absolute atomic E-state index is 6.07. The van der Waals surface area contributed by atoms with E-state index in [1.54, 1.807) is 7.11 Å². The summed E-state index contributed by atoms with van der Waals surface area (Å²) in [4.78, 5) is 18.6. The van der Waals surface area contributed by atoms with Crippen molar-refractivity contribution in [3.05, 3.63) is 144 Å². The highest BCUT2D eigenvalue weighted by molar-refractivity contribution is 9.09. The maximum Gasteiger partial charge on any atom is 0.119 e. The minimum atomic E-state index is 0.636. The molecule has 0 radical (unpaired) electrons. The van der Waals surface area contributed by atoms with Gasteiger partial charge in [0.15, 0.2) is 0 Å². The lowest BCUT2D eigenvalue weighted by Gasteiger charge is -2.09. The van der Waals surface area contributed by atoms with Crippen molar-refractivity contribution in [2.45, 2.75) is 19.3 Å². The lowest BCUT2D eigenvalue weighted by molar-refractivity contribution is 0.319. The highest BCUT2D eigenvalue weighted by atomic mass is 79.9. The van der Waals surface area contributed by atoms with E-state index in [0.717, 1.165) is 148 Å². The van der Waals surface area contributed by atoms with Crippen LogP contribution in [0.3, 0.4) is 0 Å². The average Bonchev–Trinajstić information content (AvgIpc) is 4.20. The van der Waals surface area contributed by atoms with E-state index in [1.165, 1.54) is 0 Å². The van der Waals surface area contributed by atoms with E-state index < -0.39 is 0 Å². The zero-order valence-electron chi connectivity index (χ0n) is 35.9. The molecule has 4 aromatic carbocycles. The largest absolute Gasteiger partial charge is 0.497 e. The predicted octanol–water partition coefficient (Wildman–Crippen LogP) is 14.8. The number of methoxy groups -OCH3 is 1.